The summed E-state index contributed by atoms with van der Waals surface area (Å²) in [6.07, 6.45) is 5.12. The molecule has 28 heavy (non-hydrogen) atoms. The van der Waals surface area contributed by atoms with Crippen molar-refractivity contribution in [1.82, 2.24) is 5.32 Å². The first-order valence-electron chi connectivity index (χ1n) is 9.30. The van der Waals surface area contributed by atoms with E-state index in [1.807, 2.05) is 13.0 Å². The number of hydrogen-bond acceptors (Lipinski definition) is 4. The molecule has 2 aromatic carbocycles. The first-order valence-corrected chi connectivity index (χ1v) is 9.30. The number of carbonyl (C=O) groups excluding carboxylic acids is 2. The Kier molecular flexibility index (Phi) is 6.32. The molecule has 1 fully saturated rings. The number of amides is 2. The van der Waals surface area contributed by atoms with E-state index < -0.39 is 0 Å². The van der Waals surface area contributed by atoms with Crippen LogP contribution in [-0.2, 0) is 4.79 Å². The van der Waals surface area contributed by atoms with Gasteiger partial charge in [-0.25, -0.2) is 0 Å². The number of ether oxygens (including phenoxy) is 2. The average Bonchev–Trinajstić information content (AvgIpc) is 3.51. The Bertz CT molecular complexity index is 888. The Balaban J connectivity index is 1.68. The van der Waals surface area contributed by atoms with Crippen LogP contribution in [-0.4, -0.2) is 31.6 Å². The molecular weight excluding hydrogens is 356 g/mol. The summed E-state index contributed by atoms with van der Waals surface area (Å²) < 4.78 is 10.8. The zero-order valence-corrected chi connectivity index (χ0v) is 16.0. The van der Waals surface area contributed by atoms with Crippen molar-refractivity contribution in [3.05, 3.63) is 59.7 Å². The summed E-state index contributed by atoms with van der Waals surface area (Å²) in [4.78, 5) is 24.7. The molecule has 2 amide bonds. The van der Waals surface area contributed by atoms with Gasteiger partial charge in [-0.1, -0.05) is 18.2 Å². The van der Waals surface area contributed by atoms with E-state index in [9.17, 15) is 9.59 Å². The van der Waals surface area contributed by atoms with Gasteiger partial charge in [-0.2, -0.15) is 0 Å². The highest BCUT2D eigenvalue weighted by molar-refractivity contribution is 6.07. The normalized spacial score (nSPS) is 13.2. The molecule has 3 rings (SSSR count). The van der Waals surface area contributed by atoms with Gasteiger partial charge in [0.2, 0.25) is 5.91 Å². The maximum atomic E-state index is 12.3. The van der Waals surface area contributed by atoms with E-state index in [0.29, 0.717) is 29.4 Å². The Labute approximate surface area is 164 Å². The SMILES string of the molecule is CCOc1ccc(C=CC(=O)Nc2ccccc2C(=O)NC2CC2)cc1OC. The highest BCUT2D eigenvalue weighted by atomic mass is 16.5. The van der Waals surface area contributed by atoms with E-state index in [1.165, 1.54) is 6.08 Å². The van der Waals surface area contributed by atoms with E-state index >= 15 is 0 Å². The Morgan fingerprint density at radius 3 is 2.64 bits per heavy atom. The quantitative estimate of drug-likeness (QED) is 0.686. The van der Waals surface area contributed by atoms with Gasteiger partial charge in [0.05, 0.1) is 25.0 Å². The smallest absolute Gasteiger partial charge is 0.253 e. The summed E-state index contributed by atoms with van der Waals surface area (Å²) in [7, 11) is 1.57. The summed E-state index contributed by atoms with van der Waals surface area (Å²) >= 11 is 0. The molecular formula is C22H24N2O4. The van der Waals surface area contributed by atoms with Crippen molar-refractivity contribution in [2.75, 3.05) is 19.0 Å². The van der Waals surface area contributed by atoms with E-state index in [0.717, 1.165) is 18.4 Å². The maximum absolute atomic E-state index is 12.3. The number of nitrogens with one attached hydrogen (secondary N) is 2. The molecule has 0 spiro atoms. The largest absolute Gasteiger partial charge is 0.493 e. The van der Waals surface area contributed by atoms with Crippen molar-refractivity contribution in [2.24, 2.45) is 0 Å². The first kappa shape index (κ1) is 19.5. The fourth-order valence-corrected chi connectivity index (χ4v) is 2.69. The molecule has 2 aromatic rings. The summed E-state index contributed by atoms with van der Waals surface area (Å²) in [5.41, 5.74) is 1.74. The summed E-state index contributed by atoms with van der Waals surface area (Å²) in [6.45, 7) is 2.45. The minimum atomic E-state index is -0.320. The Morgan fingerprint density at radius 2 is 1.93 bits per heavy atom. The van der Waals surface area contributed by atoms with Crippen LogP contribution in [0, 0.1) is 0 Å². The lowest BCUT2D eigenvalue weighted by Gasteiger charge is -2.10. The van der Waals surface area contributed by atoms with Crippen LogP contribution in [0.15, 0.2) is 48.5 Å². The molecule has 6 nitrogen and oxygen atoms in total. The number of methoxy groups -OCH3 is 1. The second-order valence-corrected chi connectivity index (χ2v) is 6.46. The number of carbonyl (C=O) groups is 2. The highest BCUT2D eigenvalue weighted by Crippen LogP contribution is 2.28. The van der Waals surface area contributed by atoms with Gasteiger partial charge in [-0.15, -0.1) is 0 Å². The van der Waals surface area contributed by atoms with E-state index in [1.54, 1.807) is 49.6 Å². The van der Waals surface area contributed by atoms with E-state index in [2.05, 4.69) is 10.6 Å². The lowest BCUT2D eigenvalue weighted by Crippen LogP contribution is -2.26. The third kappa shape index (κ3) is 5.13. The van der Waals surface area contributed by atoms with Gasteiger partial charge in [0.25, 0.3) is 5.91 Å². The van der Waals surface area contributed by atoms with Crippen LogP contribution in [0.2, 0.25) is 0 Å². The minimum absolute atomic E-state index is 0.168. The Morgan fingerprint density at radius 1 is 1.14 bits per heavy atom. The molecule has 0 saturated heterocycles. The molecule has 0 bridgehead atoms. The highest BCUT2D eigenvalue weighted by Gasteiger charge is 2.24. The molecule has 0 aromatic heterocycles. The second kappa shape index (κ2) is 9.08. The predicted molar refractivity (Wildman–Crippen MR) is 109 cm³/mol. The zero-order chi connectivity index (χ0) is 19.9. The molecule has 0 aliphatic heterocycles. The third-order valence-electron chi connectivity index (χ3n) is 4.26. The molecule has 0 heterocycles. The standard InChI is InChI=1S/C22H24N2O4/c1-3-28-19-12-8-15(14-20(19)27-2)9-13-21(25)24-18-7-5-4-6-17(18)22(26)23-16-10-11-16/h4-9,12-14,16H,3,10-11H2,1-2H3,(H,23,26)(H,24,25). The molecule has 1 aliphatic carbocycles. The van der Waals surface area contributed by atoms with Crippen LogP contribution in [0.3, 0.4) is 0 Å². The van der Waals surface area contributed by atoms with E-state index in [4.69, 9.17) is 9.47 Å². The zero-order valence-electron chi connectivity index (χ0n) is 16.0. The lowest BCUT2D eigenvalue weighted by atomic mass is 10.1. The average molecular weight is 380 g/mol. The first-order chi connectivity index (χ1) is 13.6. The van der Waals surface area contributed by atoms with Gasteiger partial charge in [0.1, 0.15) is 0 Å². The summed E-state index contributed by atoms with van der Waals surface area (Å²) in [5.74, 6) is 0.770. The van der Waals surface area contributed by atoms with Gasteiger partial charge in [-0.05, 0) is 55.7 Å². The third-order valence-corrected chi connectivity index (χ3v) is 4.26. The fourth-order valence-electron chi connectivity index (χ4n) is 2.69. The van der Waals surface area contributed by atoms with Crippen LogP contribution in [0.5, 0.6) is 11.5 Å². The van der Waals surface area contributed by atoms with Gasteiger partial charge < -0.3 is 20.1 Å². The molecule has 2 N–H and O–H groups in total. The number of para-hydroxylation sites is 1. The molecule has 0 radical (unpaired) electrons. The molecule has 0 unspecified atom stereocenters. The summed E-state index contributed by atoms with van der Waals surface area (Å²) in [5, 5.41) is 5.71. The van der Waals surface area contributed by atoms with Crippen molar-refractivity contribution in [3.63, 3.8) is 0 Å². The number of rotatable bonds is 8. The molecule has 6 heteroatoms. The lowest BCUT2D eigenvalue weighted by molar-refractivity contribution is -0.111. The minimum Gasteiger partial charge on any atom is -0.493 e. The van der Waals surface area contributed by atoms with Crippen LogP contribution < -0.4 is 20.1 Å². The second-order valence-electron chi connectivity index (χ2n) is 6.46. The van der Waals surface area contributed by atoms with Crippen LogP contribution >= 0.6 is 0 Å². The maximum Gasteiger partial charge on any atom is 0.253 e. The topological polar surface area (TPSA) is 76.7 Å². The van der Waals surface area contributed by atoms with Crippen molar-refractivity contribution >= 4 is 23.6 Å². The molecule has 146 valence electrons. The van der Waals surface area contributed by atoms with Crippen molar-refractivity contribution in [3.8, 4) is 11.5 Å². The number of benzene rings is 2. The number of hydrogen-bond donors (Lipinski definition) is 2. The van der Waals surface area contributed by atoms with Crippen molar-refractivity contribution in [1.29, 1.82) is 0 Å². The summed E-state index contributed by atoms with van der Waals surface area (Å²) in [6, 6.07) is 12.7. The van der Waals surface area contributed by atoms with Crippen LogP contribution in [0.25, 0.3) is 6.08 Å². The van der Waals surface area contributed by atoms with Gasteiger partial charge in [0, 0.05) is 12.1 Å². The monoisotopic (exact) mass is 380 g/mol. The Hall–Kier alpha value is -3.28. The molecule has 1 aliphatic rings. The van der Waals surface area contributed by atoms with E-state index in [-0.39, 0.29) is 17.9 Å². The van der Waals surface area contributed by atoms with Crippen molar-refractivity contribution in [2.45, 2.75) is 25.8 Å². The van der Waals surface area contributed by atoms with Crippen LogP contribution in [0.1, 0.15) is 35.7 Å². The molecule has 0 atom stereocenters. The van der Waals surface area contributed by atoms with Crippen molar-refractivity contribution < 1.29 is 19.1 Å². The number of anilines is 1. The van der Waals surface area contributed by atoms with Crippen LogP contribution in [0.4, 0.5) is 5.69 Å². The predicted octanol–water partition coefficient (Wildman–Crippen LogP) is 3.64. The van der Waals surface area contributed by atoms with Gasteiger partial charge in [0.15, 0.2) is 11.5 Å². The fraction of sp³-hybridized carbons (Fsp3) is 0.273. The van der Waals surface area contributed by atoms with Gasteiger partial charge >= 0.3 is 0 Å². The van der Waals surface area contributed by atoms with Gasteiger partial charge in [-0.3, -0.25) is 9.59 Å². The molecule has 1 saturated carbocycles.